The van der Waals surface area contributed by atoms with Gasteiger partial charge in [-0.25, -0.2) is 4.98 Å². The van der Waals surface area contributed by atoms with Gasteiger partial charge in [-0.15, -0.1) is 0 Å². The molecule has 5 heteroatoms. The summed E-state index contributed by atoms with van der Waals surface area (Å²) in [6.45, 7) is 7.34. The van der Waals surface area contributed by atoms with Crippen molar-refractivity contribution in [1.29, 1.82) is 0 Å². The summed E-state index contributed by atoms with van der Waals surface area (Å²) >= 11 is 1.75. The predicted molar refractivity (Wildman–Crippen MR) is 121 cm³/mol. The molecule has 146 valence electrons. The number of hydrogen-bond donors (Lipinski definition) is 0. The van der Waals surface area contributed by atoms with E-state index in [1.54, 1.807) is 11.3 Å². The molecule has 0 aliphatic carbocycles. The minimum Gasteiger partial charge on any atom is -0.345 e. The van der Waals surface area contributed by atoms with E-state index in [1.807, 2.05) is 35.2 Å². The molecule has 0 unspecified atom stereocenters. The number of amides is 1. The number of thiazole rings is 1. The molecule has 1 amide bonds. The summed E-state index contributed by atoms with van der Waals surface area (Å²) in [6, 6.07) is 18.4. The highest BCUT2D eigenvalue weighted by Crippen LogP contribution is 2.32. The third-order valence-corrected chi connectivity index (χ3v) is 7.01. The average molecular weight is 402 g/mol. The van der Waals surface area contributed by atoms with Gasteiger partial charge in [0.05, 0.1) is 10.2 Å². The summed E-state index contributed by atoms with van der Waals surface area (Å²) in [4.78, 5) is 22.4. The predicted octanol–water partition coefficient (Wildman–Crippen LogP) is 5.03. The molecule has 2 heterocycles. The highest BCUT2D eigenvalue weighted by Gasteiger charge is 2.25. The second kappa shape index (κ2) is 7.16. The fourth-order valence-electron chi connectivity index (χ4n) is 4.03. The Morgan fingerprint density at radius 1 is 0.931 bits per heavy atom. The Kier molecular flexibility index (Phi) is 4.47. The molecule has 1 saturated heterocycles. The maximum Gasteiger partial charge on any atom is 0.254 e. The molecule has 0 bridgehead atoms. The quantitative estimate of drug-likeness (QED) is 0.473. The van der Waals surface area contributed by atoms with Crippen LogP contribution in [-0.2, 0) is 0 Å². The molecule has 5 rings (SSSR count). The van der Waals surface area contributed by atoms with E-state index in [0.717, 1.165) is 53.2 Å². The third-order valence-electron chi connectivity index (χ3n) is 5.93. The first kappa shape index (κ1) is 18.1. The van der Waals surface area contributed by atoms with Crippen LogP contribution in [0.1, 0.15) is 21.5 Å². The van der Waals surface area contributed by atoms with Crippen LogP contribution in [0.2, 0.25) is 0 Å². The van der Waals surface area contributed by atoms with Crippen molar-refractivity contribution >= 4 is 43.4 Å². The van der Waals surface area contributed by atoms with Crippen LogP contribution in [0.15, 0.2) is 54.6 Å². The van der Waals surface area contributed by atoms with Crippen LogP contribution in [0.5, 0.6) is 0 Å². The summed E-state index contributed by atoms with van der Waals surface area (Å²) in [7, 11) is 0. The molecule has 0 saturated carbocycles. The van der Waals surface area contributed by atoms with E-state index in [9.17, 15) is 4.79 Å². The van der Waals surface area contributed by atoms with Crippen LogP contribution < -0.4 is 4.90 Å². The van der Waals surface area contributed by atoms with E-state index in [0.29, 0.717) is 0 Å². The van der Waals surface area contributed by atoms with Gasteiger partial charge in [0.1, 0.15) is 0 Å². The van der Waals surface area contributed by atoms with E-state index in [2.05, 4.69) is 43.0 Å². The largest absolute Gasteiger partial charge is 0.345 e. The molecule has 1 aromatic heterocycles. The number of benzene rings is 3. The number of piperazine rings is 1. The molecule has 0 N–H and O–H groups in total. The monoisotopic (exact) mass is 401 g/mol. The fourth-order valence-corrected chi connectivity index (χ4v) is 5.11. The lowest BCUT2D eigenvalue weighted by molar-refractivity contribution is 0.0749. The number of hydrogen-bond acceptors (Lipinski definition) is 4. The Balaban J connectivity index is 1.35. The molecule has 29 heavy (non-hydrogen) atoms. The Bertz CT molecular complexity index is 1220. The standard InChI is InChI=1S/C24H23N3OS/c1-16-10-11-21-22(17(16)2)25-24(29-21)27-14-12-26(13-15-27)23(28)20-9-5-7-18-6-3-4-8-19(18)20/h3-11H,12-15H2,1-2H3. The molecule has 0 spiro atoms. The molecule has 1 aliphatic rings. The normalized spacial score (nSPS) is 14.7. The highest BCUT2D eigenvalue weighted by molar-refractivity contribution is 7.22. The number of nitrogens with zero attached hydrogens (tertiary/aromatic N) is 3. The number of fused-ring (bicyclic) bond motifs is 2. The van der Waals surface area contributed by atoms with Gasteiger partial charge in [-0.3, -0.25) is 4.79 Å². The molecule has 0 radical (unpaired) electrons. The minimum atomic E-state index is 0.122. The van der Waals surface area contributed by atoms with E-state index in [-0.39, 0.29) is 5.91 Å². The topological polar surface area (TPSA) is 36.4 Å². The Labute approximate surface area is 174 Å². The van der Waals surface area contributed by atoms with Gasteiger partial charge >= 0.3 is 0 Å². The Morgan fingerprint density at radius 2 is 1.69 bits per heavy atom. The number of anilines is 1. The number of carbonyl (C=O) groups excluding carboxylic acids is 1. The number of aryl methyl sites for hydroxylation is 2. The first-order chi connectivity index (χ1) is 14.1. The summed E-state index contributed by atoms with van der Waals surface area (Å²) < 4.78 is 1.23. The second-order valence-corrected chi connectivity index (χ2v) is 8.67. The summed E-state index contributed by atoms with van der Waals surface area (Å²) in [5.41, 5.74) is 4.44. The fraction of sp³-hybridized carbons (Fsp3) is 0.250. The van der Waals surface area contributed by atoms with Gasteiger partial charge in [-0.2, -0.15) is 0 Å². The van der Waals surface area contributed by atoms with Gasteiger partial charge < -0.3 is 9.80 Å². The van der Waals surface area contributed by atoms with Crippen molar-refractivity contribution in [1.82, 2.24) is 9.88 Å². The third kappa shape index (κ3) is 3.15. The maximum atomic E-state index is 13.2. The Hall–Kier alpha value is -2.92. The second-order valence-electron chi connectivity index (χ2n) is 7.66. The van der Waals surface area contributed by atoms with Gasteiger partial charge in [0.25, 0.3) is 5.91 Å². The number of rotatable bonds is 2. The summed E-state index contributed by atoms with van der Waals surface area (Å²) in [5, 5.41) is 3.20. The lowest BCUT2D eigenvalue weighted by Crippen LogP contribution is -2.48. The van der Waals surface area contributed by atoms with E-state index in [4.69, 9.17) is 4.98 Å². The number of aromatic nitrogens is 1. The summed E-state index contributed by atoms with van der Waals surface area (Å²) in [6.07, 6.45) is 0. The smallest absolute Gasteiger partial charge is 0.254 e. The average Bonchev–Trinajstić information content (AvgIpc) is 3.21. The zero-order valence-corrected chi connectivity index (χ0v) is 17.5. The van der Waals surface area contributed by atoms with Gasteiger partial charge in [0.2, 0.25) is 0 Å². The van der Waals surface area contributed by atoms with Gasteiger partial charge in [0, 0.05) is 31.7 Å². The molecular formula is C24H23N3OS. The van der Waals surface area contributed by atoms with Crippen molar-refractivity contribution < 1.29 is 4.79 Å². The molecular weight excluding hydrogens is 378 g/mol. The van der Waals surface area contributed by atoms with Crippen LogP contribution in [0.3, 0.4) is 0 Å². The van der Waals surface area contributed by atoms with E-state index >= 15 is 0 Å². The minimum absolute atomic E-state index is 0.122. The lowest BCUT2D eigenvalue weighted by atomic mass is 10.0. The first-order valence-corrected chi connectivity index (χ1v) is 10.8. The van der Waals surface area contributed by atoms with Crippen LogP contribution in [0.4, 0.5) is 5.13 Å². The molecule has 4 nitrogen and oxygen atoms in total. The lowest BCUT2D eigenvalue weighted by Gasteiger charge is -2.34. The number of carbonyl (C=O) groups is 1. The van der Waals surface area contributed by atoms with Crippen molar-refractivity contribution in [2.24, 2.45) is 0 Å². The van der Waals surface area contributed by atoms with Crippen LogP contribution in [0, 0.1) is 13.8 Å². The van der Waals surface area contributed by atoms with Crippen molar-refractivity contribution in [2.45, 2.75) is 13.8 Å². The zero-order valence-electron chi connectivity index (χ0n) is 16.7. The highest BCUT2D eigenvalue weighted by atomic mass is 32.1. The molecule has 1 aliphatic heterocycles. The van der Waals surface area contributed by atoms with Crippen molar-refractivity contribution in [2.75, 3.05) is 31.1 Å². The van der Waals surface area contributed by atoms with Crippen molar-refractivity contribution in [3.05, 3.63) is 71.3 Å². The zero-order chi connectivity index (χ0) is 20.0. The van der Waals surface area contributed by atoms with E-state index < -0.39 is 0 Å². The Morgan fingerprint density at radius 3 is 2.52 bits per heavy atom. The SMILES string of the molecule is Cc1ccc2sc(N3CCN(C(=O)c4cccc5ccccc45)CC3)nc2c1C. The van der Waals surface area contributed by atoms with E-state index in [1.165, 1.54) is 15.8 Å². The first-order valence-electron chi connectivity index (χ1n) is 10.0. The van der Waals surface area contributed by atoms with Crippen molar-refractivity contribution in [3.8, 4) is 0 Å². The van der Waals surface area contributed by atoms with Gasteiger partial charge in [0.15, 0.2) is 5.13 Å². The molecule has 0 atom stereocenters. The summed E-state index contributed by atoms with van der Waals surface area (Å²) in [5.74, 6) is 0.122. The molecule has 1 fully saturated rings. The van der Waals surface area contributed by atoms with Crippen LogP contribution in [0.25, 0.3) is 21.0 Å². The maximum absolute atomic E-state index is 13.2. The van der Waals surface area contributed by atoms with Gasteiger partial charge in [-0.1, -0.05) is 53.8 Å². The van der Waals surface area contributed by atoms with Gasteiger partial charge in [-0.05, 0) is 47.9 Å². The van der Waals surface area contributed by atoms with Crippen molar-refractivity contribution in [3.63, 3.8) is 0 Å². The molecule has 4 aromatic rings. The van der Waals surface area contributed by atoms with Crippen LogP contribution >= 0.6 is 11.3 Å². The van der Waals surface area contributed by atoms with Crippen LogP contribution in [-0.4, -0.2) is 42.0 Å². The molecule has 3 aromatic carbocycles.